The van der Waals surface area contributed by atoms with Crippen LogP contribution in [0.2, 0.25) is 0 Å². The van der Waals surface area contributed by atoms with Crippen LogP contribution in [0.15, 0.2) is 72.9 Å². The third-order valence-electron chi connectivity index (χ3n) is 6.71. The van der Waals surface area contributed by atoms with Crippen molar-refractivity contribution in [2.75, 3.05) is 13.2 Å². The number of phosphoric ester groups is 1. The third kappa shape index (κ3) is 34.4. The van der Waals surface area contributed by atoms with Crippen LogP contribution in [0.3, 0.4) is 0 Å². The number of carbonyl (C=O) groups is 2. The molecule has 0 saturated heterocycles. The average molecular weight is 665 g/mol. The summed E-state index contributed by atoms with van der Waals surface area (Å²) in [6.45, 7) is 3.44. The summed E-state index contributed by atoms with van der Waals surface area (Å²) in [4.78, 5) is 42.5. The summed E-state index contributed by atoms with van der Waals surface area (Å²) in [6, 6.07) is 0. The molecule has 0 fully saturated rings. The smallest absolute Gasteiger partial charge is 0.462 e. The van der Waals surface area contributed by atoms with Crippen molar-refractivity contribution in [1.82, 2.24) is 0 Å². The van der Waals surface area contributed by atoms with Crippen LogP contribution in [0.25, 0.3) is 0 Å². The first-order valence-electron chi connectivity index (χ1n) is 17.2. The van der Waals surface area contributed by atoms with Gasteiger partial charge in [0.2, 0.25) is 0 Å². The summed E-state index contributed by atoms with van der Waals surface area (Å²) in [6.07, 6.45) is 40.6. The second kappa shape index (κ2) is 32.4. The van der Waals surface area contributed by atoms with E-state index >= 15 is 0 Å². The molecule has 0 radical (unpaired) electrons. The van der Waals surface area contributed by atoms with Crippen molar-refractivity contribution in [3.8, 4) is 0 Å². The summed E-state index contributed by atoms with van der Waals surface area (Å²) in [5.74, 6) is -0.975. The normalized spacial score (nSPS) is 13.4. The zero-order valence-electron chi connectivity index (χ0n) is 28.4. The summed E-state index contributed by atoms with van der Waals surface area (Å²) >= 11 is 0. The molecule has 0 rings (SSSR count). The molecule has 2 N–H and O–H groups in total. The van der Waals surface area contributed by atoms with Gasteiger partial charge < -0.3 is 19.3 Å². The predicted octanol–water partition coefficient (Wildman–Crippen LogP) is 9.95. The van der Waals surface area contributed by atoms with Gasteiger partial charge in [0.25, 0.3) is 0 Å². The van der Waals surface area contributed by atoms with Crippen LogP contribution in [-0.2, 0) is 28.2 Å². The molecule has 0 saturated carbocycles. The lowest BCUT2D eigenvalue weighted by Gasteiger charge is -2.18. The highest BCUT2D eigenvalue weighted by Gasteiger charge is 2.22. The van der Waals surface area contributed by atoms with Gasteiger partial charge in [-0.2, -0.15) is 0 Å². The van der Waals surface area contributed by atoms with E-state index in [2.05, 4.69) is 85.2 Å². The zero-order chi connectivity index (χ0) is 34.0. The predicted molar refractivity (Wildman–Crippen MR) is 188 cm³/mol. The van der Waals surface area contributed by atoms with Crippen LogP contribution >= 0.6 is 7.82 Å². The van der Waals surface area contributed by atoms with E-state index in [-0.39, 0.29) is 19.4 Å². The largest absolute Gasteiger partial charge is 0.469 e. The van der Waals surface area contributed by atoms with Gasteiger partial charge in [-0.1, -0.05) is 119 Å². The van der Waals surface area contributed by atoms with E-state index in [0.29, 0.717) is 12.8 Å². The van der Waals surface area contributed by atoms with Crippen molar-refractivity contribution in [3.05, 3.63) is 72.9 Å². The summed E-state index contributed by atoms with van der Waals surface area (Å²) in [5.41, 5.74) is 0. The first-order chi connectivity index (χ1) is 22.3. The maximum Gasteiger partial charge on any atom is 0.469 e. The van der Waals surface area contributed by atoms with Crippen molar-refractivity contribution >= 4 is 19.8 Å². The quantitative estimate of drug-likeness (QED) is 0.0337. The molecule has 8 nitrogen and oxygen atoms in total. The molecule has 0 spiro atoms. The maximum atomic E-state index is 12.3. The van der Waals surface area contributed by atoms with E-state index in [1.54, 1.807) is 0 Å². The van der Waals surface area contributed by atoms with Gasteiger partial charge in [-0.05, 0) is 70.6 Å². The zero-order valence-corrected chi connectivity index (χ0v) is 29.3. The lowest BCUT2D eigenvalue weighted by molar-refractivity contribution is -0.161. The van der Waals surface area contributed by atoms with E-state index in [1.165, 1.54) is 12.8 Å². The molecule has 0 aliphatic rings. The van der Waals surface area contributed by atoms with Crippen molar-refractivity contribution in [3.63, 3.8) is 0 Å². The minimum atomic E-state index is -4.76. The van der Waals surface area contributed by atoms with E-state index in [9.17, 15) is 14.2 Å². The molecular formula is C37H61O8P. The Hall–Kier alpha value is -2.51. The number of ether oxygens (including phenoxy) is 2. The summed E-state index contributed by atoms with van der Waals surface area (Å²) < 4.78 is 26.1. The fraction of sp³-hybridized carbons (Fsp3) is 0.622. The minimum absolute atomic E-state index is 0.183. The Labute approximate surface area is 279 Å². The number of allylic oxidation sites excluding steroid dienone is 12. The van der Waals surface area contributed by atoms with Crippen molar-refractivity contribution in [2.24, 2.45) is 0 Å². The maximum absolute atomic E-state index is 12.3. The number of hydrogen-bond acceptors (Lipinski definition) is 6. The topological polar surface area (TPSA) is 119 Å². The SMILES string of the molecule is CC/C=C\C/C=C\C/C=C\C/C=C\C/C=C\CCCC(=O)OC[C@H](COP(=O)(O)O)OC(=O)CCCCCCC/C=C\CCCC. The van der Waals surface area contributed by atoms with E-state index in [1.807, 2.05) is 6.08 Å². The van der Waals surface area contributed by atoms with Crippen LogP contribution in [0, 0.1) is 0 Å². The number of phosphoric acid groups is 1. The van der Waals surface area contributed by atoms with Crippen molar-refractivity contribution in [2.45, 2.75) is 136 Å². The van der Waals surface area contributed by atoms with Crippen molar-refractivity contribution in [1.29, 1.82) is 0 Å². The van der Waals surface area contributed by atoms with Gasteiger partial charge in [0, 0.05) is 12.8 Å². The highest BCUT2D eigenvalue weighted by atomic mass is 31.2. The lowest BCUT2D eigenvalue weighted by Crippen LogP contribution is -2.29. The van der Waals surface area contributed by atoms with Gasteiger partial charge >= 0.3 is 19.8 Å². The highest BCUT2D eigenvalue weighted by molar-refractivity contribution is 7.46. The molecule has 262 valence electrons. The molecule has 9 heteroatoms. The Bertz CT molecular complexity index is 974. The fourth-order valence-electron chi connectivity index (χ4n) is 4.15. The Morgan fingerprint density at radius 1 is 0.587 bits per heavy atom. The van der Waals surface area contributed by atoms with Crippen LogP contribution in [-0.4, -0.2) is 41.0 Å². The van der Waals surface area contributed by atoms with Crippen LogP contribution < -0.4 is 0 Å². The number of rotatable bonds is 30. The molecule has 0 bridgehead atoms. The first kappa shape index (κ1) is 43.5. The Balaban J connectivity index is 4.14. The third-order valence-corrected chi connectivity index (χ3v) is 7.19. The first-order valence-corrected chi connectivity index (χ1v) is 18.8. The molecule has 0 aliphatic heterocycles. The molecule has 46 heavy (non-hydrogen) atoms. The molecular weight excluding hydrogens is 603 g/mol. The second-order valence-electron chi connectivity index (χ2n) is 11.1. The second-order valence-corrected chi connectivity index (χ2v) is 12.3. The van der Waals surface area contributed by atoms with E-state index in [0.717, 1.165) is 77.0 Å². The Morgan fingerprint density at radius 2 is 1.07 bits per heavy atom. The molecule has 0 aliphatic carbocycles. The van der Waals surface area contributed by atoms with Gasteiger partial charge in [0.15, 0.2) is 6.10 Å². The minimum Gasteiger partial charge on any atom is -0.462 e. The lowest BCUT2D eigenvalue weighted by atomic mass is 10.1. The molecule has 1 atom stereocenters. The summed E-state index contributed by atoms with van der Waals surface area (Å²) in [5, 5.41) is 0. The standard InChI is InChI=1S/C37H61O8P/c1-3-5-7-9-11-13-15-16-17-18-19-20-22-23-25-27-29-31-36(38)43-33-35(34-44-46(40,41)42)45-37(39)32-30-28-26-24-21-14-12-10-8-6-4-2/h5,7,10-13,16-17,19-20,23,25,35H,3-4,6,8-9,14-15,18,21-22,24,26-34H2,1-2H3,(H2,40,41,42)/b7-5-,12-10-,13-11-,17-16-,20-19-,25-23-/t35-/m1/s1. The Kier molecular flexibility index (Phi) is 30.7. The molecule has 0 aromatic carbocycles. The average Bonchev–Trinajstić information content (AvgIpc) is 3.02. The van der Waals surface area contributed by atoms with Crippen LogP contribution in [0.1, 0.15) is 129 Å². The van der Waals surface area contributed by atoms with E-state index < -0.39 is 32.5 Å². The molecule has 0 aromatic heterocycles. The van der Waals surface area contributed by atoms with Gasteiger partial charge in [-0.25, -0.2) is 4.57 Å². The molecule has 0 heterocycles. The molecule has 0 amide bonds. The number of unbranched alkanes of at least 4 members (excludes halogenated alkanes) is 8. The van der Waals surface area contributed by atoms with Crippen LogP contribution in [0.5, 0.6) is 0 Å². The molecule has 0 aromatic rings. The molecule has 0 unspecified atom stereocenters. The van der Waals surface area contributed by atoms with Gasteiger partial charge in [0.05, 0.1) is 6.61 Å². The number of carbonyl (C=O) groups excluding carboxylic acids is 2. The van der Waals surface area contributed by atoms with Gasteiger partial charge in [0.1, 0.15) is 6.61 Å². The van der Waals surface area contributed by atoms with E-state index in [4.69, 9.17) is 19.3 Å². The monoisotopic (exact) mass is 664 g/mol. The van der Waals surface area contributed by atoms with Gasteiger partial charge in [-0.3, -0.25) is 14.1 Å². The highest BCUT2D eigenvalue weighted by Crippen LogP contribution is 2.35. The fourth-order valence-corrected chi connectivity index (χ4v) is 4.51. The number of esters is 2. The van der Waals surface area contributed by atoms with Gasteiger partial charge in [-0.15, -0.1) is 0 Å². The summed E-state index contributed by atoms with van der Waals surface area (Å²) in [7, 11) is -4.76. The number of hydrogen-bond donors (Lipinski definition) is 2. The Morgan fingerprint density at radius 3 is 1.65 bits per heavy atom. The van der Waals surface area contributed by atoms with Crippen molar-refractivity contribution < 1.29 is 37.9 Å². The van der Waals surface area contributed by atoms with Crippen LogP contribution in [0.4, 0.5) is 0 Å².